The van der Waals surface area contributed by atoms with Gasteiger partial charge in [-0.25, -0.2) is 8.42 Å². The van der Waals surface area contributed by atoms with Crippen LogP contribution >= 0.6 is 34.5 Å². The van der Waals surface area contributed by atoms with E-state index in [0.29, 0.717) is 16.8 Å². The molecule has 2 aromatic carbocycles. The molecule has 12 heteroatoms. The summed E-state index contributed by atoms with van der Waals surface area (Å²) in [5, 5.41) is 4.52. The lowest BCUT2D eigenvalue weighted by molar-refractivity contribution is -0.137. The highest BCUT2D eigenvalue weighted by Crippen LogP contribution is 2.32. The minimum absolute atomic E-state index is 0.0108. The van der Waals surface area contributed by atoms with Gasteiger partial charge in [0.2, 0.25) is 0 Å². The number of hydrogen-bond donors (Lipinski definition) is 2. The van der Waals surface area contributed by atoms with Crippen molar-refractivity contribution in [3.05, 3.63) is 74.4 Å². The fourth-order valence-electron chi connectivity index (χ4n) is 2.37. The third-order valence-corrected chi connectivity index (χ3v) is 6.78. The van der Waals surface area contributed by atoms with Crippen molar-refractivity contribution in [3.63, 3.8) is 0 Å². The maximum atomic E-state index is 12.9. The Balaban J connectivity index is 1.84. The zero-order chi connectivity index (χ0) is 22.1. The number of benzene rings is 2. The number of halogens is 5. The zero-order valence-corrected chi connectivity index (χ0v) is 17.8. The van der Waals surface area contributed by atoms with Gasteiger partial charge in [-0.05, 0) is 47.8 Å². The predicted octanol–water partition coefficient (Wildman–Crippen LogP) is 6.13. The van der Waals surface area contributed by atoms with Crippen molar-refractivity contribution in [2.75, 3.05) is 10.0 Å². The second kappa shape index (κ2) is 8.46. The minimum atomic E-state index is -4.70. The average molecular weight is 495 g/mol. The van der Waals surface area contributed by atoms with Crippen LogP contribution in [0.15, 0.2) is 58.8 Å². The van der Waals surface area contributed by atoms with Crippen LogP contribution in [-0.2, 0) is 16.2 Å². The molecule has 1 aromatic heterocycles. The summed E-state index contributed by atoms with van der Waals surface area (Å²) in [6, 6.07) is 9.03. The highest BCUT2D eigenvalue weighted by Gasteiger charge is 2.32. The van der Waals surface area contributed by atoms with E-state index in [1.54, 1.807) is 0 Å². The summed E-state index contributed by atoms with van der Waals surface area (Å²) >= 11 is 12.7. The summed E-state index contributed by atoms with van der Waals surface area (Å²) in [6.07, 6.45) is -4.70. The molecular weight excluding hydrogens is 484 g/mol. The van der Waals surface area contributed by atoms with Crippen LogP contribution in [0.5, 0.6) is 0 Å². The molecule has 0 fully saturated rings. The Morgan fingerprint density at radius 2 is 1.73 bits per heavy atom. The maximum Gasteiger partial charge on any atom is 0.416 e. The van der Waals surface area contributed by atoms with E-state index in [2.05, 4.69) is 10.0 Å². The van der Waals surface area contributed by atoms with Gasteiger partial charge in [-0.3, -0.25) is 9.52 Å². The molecule has 30 heavy (non-hydrogen) atoms. The van der Waals surface area contributed by atoms with Gasteiger partial charge in [-0.2, -0.15) is 13.2 Å². The fourth-order valence-corrected chi connectivity index (χ4v) is 4.59. The Labute approximate surface area is 183 Å². The van der Waals surface area contributed by atoms with Crippen LogP contribution in [0.2, 0.25) is 10.0 Å². The minimum Gasteiger partial charge on any atom is -0.321 e. The van der Waals surface area contributed by atoms with Crippen LogP contribution < -0.4 is 10.0 Å². The lowest BCUT2D eigenvalue weighted by Crippen LogP contribution is -2.17. The molecular formula is C18H11Cl2F3N2O3S2. The Bertz CT molecular complexity index is 1210. The van der Waals surface area contributed by atoms with Crippen molar-refractivity contribution < 1.29 is 26.4 Å². The van der Waals surface area contributed by atoms with Crippen molar-refractivity contribution in [1.82, 2.24) is 0 Å². The molecule has 0 bridgehead atoms. The van der Waals surface area contributed by atoms with Crippen LogP contribution in [0.3, 0.4) is 0 Å². The highest BCUT2D eigenvalue weighted by atomic mass is 35.5. The van der Waals surface area contributed by atoms with E-state index in [9.17, 15) is 26.4 Å². The molecule has 0 unspecified atom stereocenters. The van der Waals surface area contributed by atoms with Crippen LogP contribution in [0.4, 0.5) is 24.5 Å². The molecule has 0 saturated heterocycles. The SMILES string of the molecule is O=C(Nc1ccc(Cl)c(Cl)c1)c1sccc1NS(=O)(=O)c1cccc(C(F)(F)F)c1. The molecule has 0 aliphatic heterocycles. The fraction of sp³-hybridized carbons (Fsp3) is 0.0556. The summed E-state index contributed by atoms with van der Waals surface area (Å²) in [5.41, 5.74) is -0.849. The number of hydrogen-bond acceptors (Lipinski definition) is 4. The zero-order valence-electron chi connectivity index (χ0n) is 14.6. The van der Waals surface area contributed by atoms with Crippen molar-refractivity contribution in [1.29, 1.82) is 0 Å². The van der Waals surface area contributed by atoms with Crippen molar-refractivity contribution in [2.45, 2.75) is 11.1 Å². The average Bonchev–Trinajstić information content (AvgIpc) is 3.12. The van der Waals surface area contributed by atoms with E-state index >= 15 is 0 Å². The van der Waals surface area contributed by atoms with Crippen molar-refractivity contribution in [3.8, 4) is 0 Å². The summed E-state index contributed by atoms with van der Waals surface area (Å²) in [6.45, 7) is 0. The number of amides is 1. The van der Waals surface area contributed by atoms with Gasteiger partial charge in [0.25, 0.3) is 15.9 Å². The van der Waals surface area contributed by atoms with Gasteiger partial charge in [0, 0.05) is 5.69 Å². The number of anilines is 2. The third-order valence-electron chi connectivity index (χ3n) is 3.76. The van der Waals surface area contributed by atoms with Gasteiger partial charge < -0.3 is 5.32 Å². The van der Waals surface area contributed by atoms with E-state index in [0.717, 1.165) is 29.5 Å². The molecule has 0 aliphatic carbocycles. The number of carbonyl (C=O) groups excluding carboxylic acids is 1. The van der Waals surface area contributed by atoms with E-state index < -0.39 is 32.6 Å². The Kier molecular flexibility index (Phi) is 6.32. The predicted molar refractivity (Wildman–Crippen MR) is 111 cm³/mol. The molecule has 1 amide bonds. The van der Waals surface area contributed by atoms with Gasteiger partial charge in [0.1, 0.15) is 4.88 Å². The smallest absolute Gasteiger partial charge is 0.321 e. The van der Waals surface area contributed by atoms with Crippen molar-refractivity contribution in [2.24, 2.45) is 0 Å². The van der Waals surface area contributed by atoms with Gasteiger partial charge in [-0.15, -0.1) is 11.3 Å². The van der Waals surface area contributed by atoms with Crippen molar-refractivity contribution >= 4 is 61.8 Å². The standard InChI is InChI=1S/C18H11Cl2F3N2O3S2/c19-13-5-4-11(9-14(13)20)24-17(26)16-15(6-7-29-16)25-30(27,28)12-3-1-2-10(8-12)18(21,22)23/h1-9,25H,(H,24,26). The quantitative estimate of drug-likeness (QED) is 0.448. The Hall–Kier alpha value is -2.27. The number of alkyl halides is 3. The molecule has 1 heterocycles. The molecule has 5 nitrogen and oxygen atoms in total. The second-order valence-electron chi connectivity index (χ2n) is 5.88. The largest absolute Gasteiger partial charge is 0.416 e. The maximum absolute atomic E-state index is 12.9. The number of carbonyl (C=O) groups is 1. The molecule has 2 N–H and O–H groups in total. The highest BCUT2D eigenvalue weighted by molar-refractivity contribution is 7.92. The first kappa shape index (κ1) is 22.4. The lowest BCUT2D eigenvalue weighted by atomic mass is 10.2. The van der Waals surface area contributed by atoms with Gasteiger partial charge in [-0.1, -0.05) is 29.3 Å². The molecule has 0 aliphatic rings. The van der Waals surface area contributed by atoms with Gasteiger partial charge >= 0.3 is 6.18 Å². The van der Waals surface area contributed by atoms with Crippen LogP contribution in [0.25, 0.3) is 0 Å². The topological polar surface area (TPSA) is 75.3 Å². The third kappa shape index (κ3) is 5.07. The number of sulfonamides is 1. The monoisotopic (exact) mass is 494 g/mol. The first-order chi connectivity index (χ1) is 14.0. The molecule has 0 atom stereocenters. The summed E-state index contributed by atoms with van der Waals surface area (Å²) < 4.78 is 65.9. The van der Waals surface area contributed by atoms with Gasteiger partial charge in [0.05, 0.1) is 26.2 Å². The normalized spacial score (nSPS) is 11.9. The Morgan fingerprint density at radius 3 is 2.40 bits per heavy atom. The Morgan fingerprint density at radius 1 is 1.00 bits per heavy atom. The van der Waals surface area contributed by atoms with Crippen LogP contribution in [-0.4, -0.2) is 14.3 Å². The molecule has 3 aromatic rings. The number of thiophene rings is 1. The van der Waals surface area contributed by atoms with Crippen LogP contribution in [0.1, 0.15) is 15.2 Å². The first-order valence-corrected chi connectivity index (χ1v) is 11.1. The first-order valence-electron chi connectivity index (χ1n) is 8.01. The van der Waals surface area contributed by atoms with Crippen LogP contribution in [0, 0.1) is 0 Å². The molecule has 3 rings (SSSR count). The molecule has 0 saturated carbocycles. The molecule has 158 valence electrons. The summed E-state index contributed by atoms with van der Waals surface area (Å²) in [5.74, 6) is -0.634. The van der Waals surface area contributed by atoms with E-state index in [1.807, 2.05) is 0 Å². The van der Waals surface area contributed by atoms with E-state index in [1.165, 1.54) is 29.6 Å². The molecule has 0 radical (unpaired) electrons. The summed E-state index contributed by atoms with van der Waals surface area (Å²) in [4.78, 5) is 12.0. The number of rotatable bonds is 5. The number of nitrogens with one attached hydrogen (secondary N) is 2. The second-order valence-corrected chi connectivity index (χ2v) is 9.29. The molecule has 0 spiro atoms. The van der Waals surface area contributed by atoms with E-state index in [4.69, 9.17) is 23.2 Å². The lowest BCUT2D eigenvalue weighted by Gasteiger charge is -2.12. The summed E-state index contributed by atoms with van der Waals surface area (Å²) in [7, 11) is -4.37. The van der Waals surface area contributed by atoms with E-state index in [-0.39, 0.29) is 15.6 Å². The van der Waals surface area contributed by atoms with Gasteiger partial charge in [0.15, 0.2) is 0 Å².